The summed E-state index contributed by atoms with van der Waals surface area (Å²) in [5.41, 5.74) is 2.92. The van der Waals surface area contributed by atoms with E-state index in [2.05, 4.69) is 29.6 Å². The van der Waals surface area contributed by atoms with Gasteiger partial charge in [0, 0.05) is 17.9 Å². The maximum Gasteiger partial charge on any atom is 0.341 e. The molecule has 5 nitrogen and oxygen atoms in total. The molecule has 1 aliphatic heterocycles. The highest BCUT2D eigenvalue weighted by Crippen LogP contribution is 2.35. The molecule has 3 rings (SSSR count). The number of hydrogen-bond donors (Lipinski definition) is 2. The van der Waals surface area contributed by atoms with Crippen molar-refractivity contribution in [3.8, 4) is 0 Å². The number of hydrogen-bond acceptors (Lipinski definition) is 4. The molecule has 2 N–H and O–H groups in total. The molecule has 1 aromatic heterocycles. The quantitative estimate of drug-likeness (QED) is 0.749. The number of esters is 1. The van der Waals surface area contributed by atoms with Crippen molar-refractivity contribution in [2.45, 2.75) is 40.3 Å². The number of nitrogens with one attached hydrogen (secondary N) is 2. The third-order valence-electron chi connectivity index (χ3n) is 4.77. The molecule has 1 aliphatic rings. The smallest absolute Gasteiger partial charge is 0.341 e. The summed E-state index contributed by atoms with van der Waals surface area (Å²) >= 11 is 1.52. The molecule has 0 aliphatic carbocycles. The molecule has 0 fully saturated rings. The Morgan fingerprint density at radius 1 is 1.26 bits per heavy atom. The van der Waals surface area contributed by atoms with E-state index in [4.69, 9.17) is 4.74 Å². The first-order chi connectivity index (χ1) is 13.0. The molecule has 1 amide bonds. The van der Waals surface area contributed by atoms with E-state index in [1.807, 2.05) is 19.9 Å². The van der Waals surface area contributed by atoms with E-state index < -0.39 is 0 Å². The van der Waals surface area contributed by atoms with E-state index in [0.717, 1.165) is 31.6 Å². The van der Waals surface area contributed by atoms with E-state index in [0.29, 0.717) is 17.2 Å². The second-order valence-corrected chi connectivity index (χ2v) is 8.27. The maximum atomic E-state index is 12.5. The summed E-state index contributed by atoms with van der Waals surface area (Å²) < 4.78 is 5.27. The number of fused-ring (bicyclic) bond motifs is 1. The number of amides is 1. The van der Waals surface area contributed by atoms with E-state index in [9.17, 15) is 9.59 Å². The molecule has 0 bridgehead atoms. The Kier molecular flexibility index (Phi) is 6.29. The van der Waals surface area contributed by atoms with E-state index >= 15 is 0 Å². The maximum absolute atomic E-state index is 12.5. The average molecular weight is 388 g/mol. The van der Waals surface area contributed by atoms with Gasteiger partial charge in [-0.25, -0.2) is 4.79 Å². The summed E-state index contributed by atoms with van der Waals surface area (Å²) in [4.78, 5) is 27.4. The Hall–Kier alpha value is -2.18. The zero-order valence-electron chi connectivity index (χ0n) is 16.1. The number of carbonyl (C=O) groups excluding carboxylic acids is 2. The molecule has 0 saturated carbocycles. The molecule has 0 radical (unpaired) electrons. The van der Waals surface area contributed by atoms with Gasteiger partial charge in [-0.05, 0) is 12.5 Å². The number of rotatable bonds is 6. The van der Waals surface area contributed by atoms with Gasteiger partial charge in [-0.3, -0.25) is 4.79 Å². The van der Waals surface area contributed by atoms with Crippen LogP contribution in [0, 0.1) is 5.92 Å². The summed E-state index contributed by atoms with van der Waals surface area (Å²) in [6.45, 7) is 8.60. The van der Waals surface area contributed by atoms with Crippen LogP contribution in [0.3, 0.4) is 0 Å². The van der Waals surface area contributed by atoms with Gasteiger partial charge in [0.2, 0.25) is 5.91 Å². The summed E-state index contributed by atoms with van der Waals surface area (Å²) in [6.07, 6.45) is 0.819. The van der Waals surface area contributed by atoms with Crippen LogP contribution < -0.4 is 10.2 Å². The predicted molar refractivity (Wildman–Crippen MR) is 107 cm³/mol. The fourth-order valence-corrected chi connectivity index (χ4v) is 4.65. The van der Waals surface area contributed by atoms with Crippen molar-refractivity contribution >= 4 is 28.2 Å². The van der Waals surface area contributed by atoms with Crippen LogP contribution >= 0.6 is 11.3 Å². The van der Waals surface area contributed by atoms with Crippen molar-refractivity contribution in [2.24, 2.45) is 5.92 Å². The normalized spacial score (nSPS) is 16.1. The number of quaternary nitrogens is 1. The highest BCUT2D eigenvalue weighted by Gasteiger charge is 2.31. The van der Waals surface area contributed by atoms with Crippen LogP contribution in [0.25, 0.3) is 0 Å². The first-order valence-corrected chi connectivity index (χ1v) is 10.3. The molecule has 0 saturated heterocycles. The number of anilines is 1. The van der Waals surface area contributed by atoms with Crippen LogP contribution in [-0.2, 0) is 29.0 Å². The Bertz CT molecular complexity index is 814. The summed E-state index contributed by atoms with van der Waals surface area (Å²) in [7, 11) is 0. The van der Waals surface area contributed by atoms with Crippen LogP contribution in [0.2, 0.25) is 0 Å². The van der Waals surface area contributed by atoms with Gasteiger partial charge in [-0.15, -0.1) is 11.3 Å². The van der Waals surface area contributed by atoms with Gasteiger partial charge in [0.15, 0.2) is 0 Å². The highest BCUT2D eigenvalue weighted by atomic mass is 32.1. The minimum absolute atomic E-state index is 0.0763. The molecule has 0 spiro atoms. The lowest BCUT2D eigenvalue weighted by Crippen LogP contribution is -3.10. The molecule has 144 valence electrons. The number of thiophene rings is 1. The average Bonchev–Trinajstić information content (AvgIpc) is 2.99. The van der Waals surface area contributed by atoms with Crippen molar-refractivity contribution in [3.05, 3.63) is 51.9 Å². The molecule has 1 atom stereocenters. The Balaban J connectivity index is 1.85. The van der Waals surface area contributed by atoms with Gasteiger partial charge in [0.25, 0.3) is 0 Å². The third kappa shape index (κ3) is 4.57. The zero-order valence-corrected chi connectivity index (χ0v) is 16.9. The molecule has 2 aromatic rings. The minimum Gasteiger partial charge on any atom is -0.462 e. The highest BCUT2D eigenvalue weighted by molar-refractivity contribution is 7.17. The number of carbonyl (C=O) groups is 2. The molecular weight excluding hydrogens is 360 g/mol. The standard InChI is InChI=1S/C21H26N2O3S/c1-4-26-21(25)18-16-10-11-23(12-15-8-6-5-7-9-15)13-17(16)27-20(18)22-19(24)14(2)3/h5-9,14H,4,10-13H2,1-3H3,(H,22,24)/p+1. The molecular formula is C21H27N2O3S+. The predicted octanol–water partition coefficient (Wildman–Crippen LogP) is 2.66. The SMILES string of the molecule is CCOC(=O)c1c(NC(=O)C(C)C)sc2c1CC[NH+](Cc1ccccc1)C2. The number of benzene rings is 1. The lowest BCUT2D eigenvalue weighted by molar-refractivity contribution is -0.929. The zero-order chi connectivity index (χ0) is 19.4. The molecule has 1 unspecified atom stereocenters. The first kappa shape index (κ1) is 19.6. The second kappa shape index (κ2) is 8.67. The molecule has 2 heterocycles. The van der Waals surface area contributed by atoms with E-state index in [-0.39, 0.29) is 17.8 Å². The second-order valence-electron chi connectivity index (χ2n) is 7.16. The van der Waals surface area contributed by atoms with Crippen LogP contribution in [0.5, 0.6) is 0 Å². The Morgan fingerprint density at radius 3 is 2.67 bits per heavy atom. The third-order valence-corrected chi connectivity index (χ3v) is 5.91. The van der Waals surface area contributed by atoms with Crippen molar-refractivity contribution in [1.29, 1.82) is 0 Å². The van der Waals surface area contributed by atoms with Crippen molar-refractivity contribution in [1.82, 2.24) is 0 Å². The van der Waals surface area contributed by atoms with Crippen LogP contribution in [-0.4, -0.2) is 25.0 Å². The van der Waals surface area contributed by atoms with E-state index in [1.54, 1.807) is 6.92 Å². The topological polar surface area (TPSA) is 59.8 Å². The summed E-state index contributed by atoms with van der Waals surface area (Å²) in [5, 5.41) is 3.58. The Morgan fingerprint density at radius 2 is 2.00 bits per heavy atom. The van der Waals surface area contributed by atoms with E-state index in [1.165, 1.54) is 26.7 Å². The minimum atomic E-state index is -0.333. The molecule has 27 heavy (non-hydrogen) atoms. The van der Waals surface area contributed by atoms with Crippen molar-refractivity contribution in [2.75, 3.05) is 18.5 Å². The van der Waals surface area contributed by atoms with Gasteiger partial charge in [-0.2, -0.15) is 0 Å². The molecule has 1 aromatic carbocycles. The van der Waals surface area contributed by atoms with Crippen molar-refractivity contribution < 1.29 is 19.2 Å². The summed E-state index contributed by atoms with van der Waals surface area (Å²) in [6, 6.07) is 10.5. The van der Waals surface area contributed by atoms with Gasteiger partial charge in [-0.1, -0.05) is 44.2 Å². The monoisotopic (exact) mass is 387 g/mol. The first-order valence-electron chi connectivity index (χ1n) is 9.49. The fourth-order valence-electron chi connectivity index (χ4n) is 3.34. The van der Waals surface area contributed by atoms with Crippen LogP contribution in [0.4, 0.5) is 5.00 Å². The largest absolute Gasteiger partial charge is 0.462 e. The number of ether oxygens (including phenoxy) is 1. The summed E-state index contributed by atoms with van der Waals surface area (Å²) in [5.74, 6) is -0.549. The fraction of sp³-hybridized carbons (Fsp3) is 0.429. The lowest BCUT2D eigenvalue weighted by atomic mass is 10.0. The lowest BCUT2D eigenvalue weighted by Gasteiger charge is -2.24. The van der Waals surface area contributed by atoms with Crippen LogP contribution in [0.1, 0.15) is 47.1 Å². The van der Waals surface area contributed by atoms with Gasteiger partial charge in [0.05, 0.1) is 23.6 Å². The Labute approximate surface area is 164 Å². The van der Waals surface area contributed by atoms with Gasteiger partial charge >= 0.3 is 5.97 Å². The van der Waals surface area contributed by atoms with Gasteiger partial charge < -0.3 is 15.0 Å². The van der Waals surface area contributed by atoms with Gasteiger partial charge in [0.1, 0.15) is 18.1 Å². The van der Waals surface area contributed by atoms with Crippen molar-refractivity contribution in [3.63, 3.8) is 0 Å². The molecule has 6 heteroatoms. The van der Waals surface area contributed by atoms with Crippen LogP contribution in [0.15, 0.2) is 30.3 Å².